The fourth-order valence-electron chi connectivity index (χ4n) is 6.51. The van der Waals surface area contributed by atoms with Gasteiger partial charge in [0.15, 0.2) is 6.29 Å². The Morgan fingerprint density at radius 2 is 1.37 bits per heavy atom. The monoisotopic (exact) mass is 619 g/mol. The summed E-state index contributed by atoms with van der Waals surface area (Å²) in [5.41, 5.74) is 4.49. The van der Waals surface area contributed by atoms with Gasteiger partial charge in [-0.15, -0.1) is 0 Å². The summed E-state index contributed by atoms with van der Waals surface area (Å²) in [5.74, 6) is 0.288. The topological polar surface area (TPSA) is 108 Å². The molecule has 0 spiro atoms. The van der Waals surface area contributed by atoms with Gasteiger partial charge in [-0.2, -0.15) is 0 Å². The number of nitrogens with zero attached hydrogens (tertiary/aromatic N) is 5. The number of rotatable bonds is 8. The van der Waals surface area contributed by atoms with Crippen molar-refractivity contribution in [1.82, 2.24) is 19.8 Å². The van der Waals surface area contributed by atoms with Gasteiger partial charge < -0.3 is 19.5 Å². The van der Waals surface area contributed by atoms with E-state index in [1.165, 1.54) is 4.90 Å². The molecule has 2 saturated heterocycles. The molecule has 3 aliphatic rings. The van der Waals surface area contributed by atoms with Crippen LogP contribution in [0.4, 0.5) is 5.95 Å². The average Bonchev–Trinajstić information content (AvgIpc) is 3.35. The molecule has 236 valence electrons. The number of aromatic nitrogens is 2. The number of aliphatic hydroxyl groups excluding tert-OH is 1. The Hall–Kier alpha value is -4.48. The van der Waals surface area contributed by atoms with Crippen LogP contribution in [0, 0.1) is 5.92 Å². The third-order valence-corrected chi connectivity index (χ3v) is 9.24. The predicted molar refractivity (Wildman–Crippen MR) is 171 cm³/mol. The van der Waals surface area contributed by atoms with Crippen molar-refractivity contribution < 1.29 is 24.2 Å². The first kappa shape index (κ1) is 30.2. The predicted octanol–water partition coefficient (Wildman–Crippen LogP) is 4.38. The zero-order chi connectivity index (χ0) is 31.6. The van der Waals surface area contributed by atoms with Gasteiger partial charge in [0, 0.05) is 56.6 Å². The van der Waals surface area contributed by atoms with E-state index >= 15 is 0 Å². The van der Waals surface area contributed by atoms with Gasteiger partial charge in [0.25, 0.3) is 11.8 Å². The highest BCUT2D eigenvalue weighted by Gasteiger charge is 2.40. The minimum atomic E-state index is -0.601. The summed E-state index contributed by atoms with van der Waals surface area (Å²) in [6.45, 7) is 6.54. The molecule has 10 nitrogen and oxygen atoms in total. The van der Waals surface area contributed by atoms with Gasteiger partial charge in [-0.25, -0.2) is 9.97 Å². The molecule has 0 unspecified atom stereocenters. The van der Waals surface area contributed by atoms with E-state index in [0.717, 1.165) is 60.9 Å². The van der Waals surface area contributed by atoms with Crippen molar-refractivity contribution >= 4 is 17.8 Å². The lowest BCUT2D eigenvalue weighted by atomic mass is 9.90. The minimum Gasteiger partial charge on any atom is -0.392 e. The van der Waals surface area contributed by atoms with E-state index in [2.05, 4.69) is 26.7 Å². The van der Waals surface area contributed by atoms with Gasteiger partial charge in [-0.1, -0.05) is 67.6 Å². The quantitative estimate of drug-likeness (QED) is 0.288. The Kier molecular flexibility index (Phi) is 8.59. The number of carbonyl (C=O) groups excluding carboxylic acids is 2. The number of hydrogen-bond acceptors (Lipinski definition) is 9. The number of imide groups is 1. The first-order chi connectivity index (χ1) is 22.5. The van der Waals surface area contributed by atoms with Crippen LogP contribution in [0.1, 0.15) is 62.3 Å². The highest BCUT2D eigenvalue weighted by Crippen LogP contribution is 2.42. The van der Waals surface area contributed by atoms with E-state index < -0.39 is 6.29 Å². The lowest BCUT2D eigenvalue weighted by Gasteiger charge is -2.44. The molecule has 0 saturated carbocycles. The van der Waals surface area contributed by atoms with E-state index in [9.17, 15) is 14.7 Å². The first-order valence-corrected chi connectivity index (χ1v) is 15.8. The summed E-state index contributed by atoms with van der Waals surface area (Å²) in [5, 5.41) is 9.58. The SMILES string of the molecule is C[C@@H]1[C@H](CN2CCN(c3ncccn3)CC2)O[C@H](c2ccc(CN3C(=O)c4ccccc4C3=O)cc2)O[C@@H]1c1ccc(CO)cc1. The van der Waals surface area contributed by atoms with Crippen molar-refractivity contribution in [3.8, 4) is 0 Å². The average molecular weight is 620 g/mol. The van der Waals surface area contributed by atoms with Crippen molar-refractivity contribution in [3.05, 3.63) is 125 Å². The molecule has 1 aromatic heterocycles. The summed E-state index contributed by atoms with van der Waals surface area (Å²) < 4.78 is 13.3. The number of anilines is 1. The van der Waals surface area contributed by atoms with Crippen LogP contribution in [0.3, 0.4) is 0 Å². The molecule has 3 aliphatic heterocycles. The molecule has 1 N–H and O–H groups in total. The molecule has 0 bridgehead atoms. The van der Waals surface area contributed by atoms with Crippen molar-refractivity contribution in [2.75, 3.05) is 37.6 Å². The highest BCUT2D eigenvalue weighted by atomic mass is 16.7. The van der Waals surface area contributed by atoms with Crippen molar-refractivity contribution in [2.24, 2.45) is 5.92 Å². The number of piperazine rings is 1. The van der Waals surface area contributed by atoms with E-state index in [1.807, 2.05) is 54.6 Å². The number of amides is 2. The Bertz CT molecular complexity index is 1640. The molecule has 7 rings (SSSR count). The second-order valence-electron chi connectivity index (χ2n) is 12.1. The van der Waals surface area contributed by atoms with Gasteiger partial charge in [-0.3, -0.25) is 19.4 Å². The fraction of sp³-hybridized carbons (Fsp3) is 0.333. The van der Waals surface area contributed by atoms with Gasteiger partial charge in [0.2, 0.25) is 5.95 Å². The molecule has 10 heteroatoms. The zero-order valence-corrected chi connectivity index (χ0v) is 25.7. The van der Waals surface area contributed by atoms with Crippen molar-refractivity contribution in [1.29, 1.82) is 0 Å². The smallest absolute Gasteiger partial charge is 0.261 e. The van der Waals surface area contributed by atoms with Crippen LogP contribution < -0.4 is 4.90 Å². The Labute approximate surface area is 268 Å². The molecular weight excluding hydrogens is 582 g/mol. The van der Waals surface area contributed by atoms with Crippen molar-refractivity contribution in [2.45, 2.75) is 38.6 Å². The Morgan fingerprint density at radius 3 is 2.00 bits per heavy atom. The molecule has 4 aromatic rings. The third-order valence-electron chi connectivity index (χ3n) is 9.24. The fourth-order valence-corrected chi connectivity index (χ4v) is 6.51. The van der Waals surface area contributed by atoms with Crippen LogP contribution in [0.25, 0.3) is 0 Å². The van der Waals surface area contributed by atoms with Crippen LogP contribution >= 0.6 is 0 Å². The highest BCUT2D eigenvalue weighted by molar-refractivity contribution is 6.21. The lowest BCUT2D eigenvalue weighted by molar-refractivity contribution is -0.276. The van der Waals surface area contributed by atoms with E-state index in [-0.39, 0.29) is 43.1 Å². The Morgan fingerprint density at radius 1 is 0.761 bits per heavy atom. The van der Waals surface area contributed by atoms with Crippen LogP contribution in [0.5, 0.6) is 0 Å². The summed E-state index contributed by atoms with van der Waals surface area (Å²) in [6, 6.07) is 24.4. The molecule has 4 atom stereocenters. The maximum absolute atomic E-state index is 12.9. The summed E-state index contributed by atoms with van der Waals surface area (Å²) in [4.78, 5) is 40.5. The molecule has 2 amide bonds. The molecular formula is C36H37N5O5. The molecule has 0 radical (unpaired) electrons. The number of benzene rings is 3. The second kappa shape index (κ2) is 13.1. The van der Waals surface area contributed by atoms with Crippen LogP contribution in [-0.4, -0.2) is 75.5 Å². The summed E-state index contributed by atoms with van der Waals surface area (Å²) in [7, 11) is 0. The van der Waals surface area contributed by atoms with Crippen LogP contribution in [-0.2, 0) is 22.6 Å². The first-order valence-electron chi connectivity index (χ1n) is 15.8. The van der Waals surface area contributed by atoms with Gasteiger partial charge in [0.05, 0.1) is 36.5 Å². The van der Waals surface area contributed by atoms with E-state index in [0.29, 0.717) is 11.1 Å². The number of aliphatic hydroxyl groups is 1. The molecule has 3 aromatic carbocycles. The largest absolute Gasteiger partial charge is 0.392 e. The summed E-state index contributed by atoms with van der Waals surface area (Å²) in [6.07, 6.45) is 2.64. The number of ether oxygens (including phenoxy) is 2. The normalized spacial score (nSPS) is 23.5. The molecule has 2 fully saturated rings. The lowest BCUT2D eigenvalue weighted by Crippen LogP contribution is -2.51. The molecule has 0 aliphatic carbocycles. The van der Waals surface area contributed by atoms with Crippen LogP contribution in [0.15, 0.2) is 91.3 Å². The molecule has 4 heterocycles. The molecule has 46 heavy (non-hydrogen) atoms. The van der Waals surface area contributed by atoms with Gasteiger partial charge in [-0.05, 0) is 34.9 Å². The maximum atomic E-state index is 12.9. The number of carbonyl (C=O) groups is 2. The van der Waals surface area contributed by atoms with E-state index in [1.54, 1.807) is 36.7 Å². The second-order valence-corrected chi connectivity index (χ2v) is 12.1. The Balaban J connectivity index is 1.07. The third kappa shape index (κ3) is 6.04. The van der Waals surface area contributed by atoms with Gasteiger partial charge in [0.1, 0.15) is 0 Å². The number of fused-ring (bicyclic) bond motifs is 1. The van der Waals surface area contributed by atoms with Gasteiger partial charge >= 0.3 is 0 Å². The van der Waals surface area contributed by atoms with E-state index in [4.69, 9.17) is 9.47 Å². The standard InChI is InChI=1S/C36H37N5O5/c1-24-31(22-39-17-19-40(20-18-39)36-37-15-4-16-38-36)45-35(46-32(24)27-11-9-26(23-42)10-12-27)28-13-7-25(8-14-28)21-41-33(43)29-5-2-3-6-30(29)34(41)44/h2-16,24,31-32,35,42H,17-23H2,1H3/t24-,31+,32+,35+/m1/s1. The minimum absolute atomic E-state index is 0.0111. The number of hydrogen-bond donors (Lipinski definition) is 1. The van der Waals surface area contributed by atoms with Crippen molar-refractivity contribution in [3.63, 3.8) is 0 Å². The zero-order valence-electron chi connectivity index (χ0n) is 25.7. The van der Waals surface area contributed by atoms with Crippen LogP contribution in [0.2, 0.25) is 0 Å². The summed E-state index contributed by atoms with van der Waals surface area (Å²) >= 11 is 0. The maximum Gasteiger partial charge on any atom is 0.261 e.